The number of amides is 2. The number of nitrogens with zero attached hydrogens (tertiary/aromatic N) is 1. The smallest absolute Gasteiger partial charge is 0.321 e. The molecule has 0 spiro atoms. The Morgan fingerprint density at radius 2 is 2.21 bits per heavy atom. The second-order valence-corrected chi connectivity index (χ2v) is 5.54. The molecule has 0 radical (unpaired) electrons. The Morgan fingerprint density at radius 3 is 2.79 bits per heavy atom. The number of nitrogens with one attached hydrogen (secondary N) is 1. The van der Waals surface area contributed by atoms with Crippen LogP contribution in [0.3, 0.4) is 0 Å². The zero-order chi connectivity index (χ0) is 14.0. The van der Waals surface area contributed by atoms with Crippen molar-refractivity contribution in [1.82, 2.24) is 4.90 Å². The summed E-state index contributed by atoms with van der Waals surface area (Å²) in [6.07, 6.45) is 0.512. The standard InChI is InChI=1S/C13H15BrN2O3/c1-8-2-3-11(10(14)6-8)15-13(19)16-5-4-9(7-16)12(17)18/h2-3,6,9H,4-5,7H2,1H3,(H,15,19)(H,17,18). The number of halogens is 1. The lowest BCUT2D eigenvalue weighted by atomic mass is 10.1. The highest BCUT2D eigenvalue weighted by atomic mass is 79.9. The van der Waals surface area contributed by atoms with Gasteiger partial charge in [-0.05, 0) is 47.0 Å². The summed E-state index contributed by atoms with van der Waals surface area (Å²) in [7, 11) is 0. The predicted octanol–water partition coefficient (Wildman–Crippen LogP) is 2.70. The van der Waals surface area contributed by atoms with E-state index in [4.69, 9.17) is 5.11 Å². The third-order valence-electron chi connectivity index (χ3n) is 3.19. The van der Waals surface area contributed by atoms with Gasteiger partial charge in [0, 0.05) is 17.6 Å². The minimum Gasteiger partial charge on any atom is -0.481 e. The zero-order valence-corrected chi connectivity index (χ0v) is 12.1. The van der Waals surface area contributed by atoms with Gasteiger partial charge in [0.25, 0.3) is 0 Å². The van der Waals surface area contributed by atoms with Crippen LogP contribution in [0.1, 0.15) is 12.0 Å². The molecule has 1 heterocycles. The van der Waals surface area contributed by atoms with Crippen molar-refractivity contribution in [3.63, 3.8) is 0 Å². The Balaban J connectivity index is 2.00. The van der Waals surface area contributed by atoms with Gasteiger partial charge in [0.15, 0.2) is 0 Å². The monoisotopic (exact) mass is 326 g/mol. The molecule has 1 fully saturated rings. The van der Waals surface area contributed by atoms with E-state index in [1.165, 1.54) is 4.90 Å². The molecule has 2 rings (SSSR count). The minimum atomic E-state index is -0.841. The van der Waals surface area contributed by atoms with Gasteiger partial charge in [0.2, 0.25) is 0 Å². The molecule has 0 saturated carbocycles. The Kier molecular flexibility index (Phi) is 4.09. The predicted molar refractivity (Wildman–Crippen MR) is 75.2 cm³/mol. The van der Waals surface area contributed by atoms with E-state index in [0.29, 0.717) is 18.7 Å². The summed E-state index contributed by atoms with van der Waals surface area (Å²) < 4.78 is 0.815. The summed E-state index contributed by atoms with van der Waals surface area (Å²) in [5.74, 6) is -1.29. The number of hydrogen-bond donors (Lipinski definition) is 2. The molecule has 1 atom stereocenters. The summed E-state index contributed by atoms with van der Waals surface area (Å²) in [5, 5.41) is 11.7. The third kappa shape index (κ3) is 3.26. The van der Waals surface area contributed by atoms with Gasteiger partial charge in [-0.3, -0.25) is 4.79 Å². The second-order valence-electron chi connectivity index (χ2n) is 4.68. The van der Waals surface area contributed by atoms with Gasteiger partial charge in [-0.2, -0.15) is 0 Å². The number of benzene rings is 1. The highest BCUT2D eigenvalue weighted by molar-refractivity contribution is 9.10. The molecule has 2 amide bonds. The minimum absolute atomic E-state index is 0.256. The number of carboxylic acid groups (broad SMARTS) is 1. The van der Waals surface area contributed by atoms with Crippen LogP contribution in [-0.4, -0.2) is 35.1 Å². The Hall–Kier alpha value is -1.56. The van der Waals surface area contributed by atoms with Crippen molar-refractivity contribution >= 4 is 33.6 Å². The van der Waals surface area contributed by atoms with Crippen molar-refractivity contribution in [3.05, 3.63) is 28.2 Å². The average Bonchev–Trinajstić information content (AvgIpc) is 2.82. The molecule has 1 aromatic rings. The van der Waals surface area contributed by atoms with E-state index in [2.05, 4.69) is 21.2 Å². The van der Waals surface area contributed by atoms with Crippen LogP contribution in [-0.2, 0) is 4.79 Å². The van der Waals surface area contributed by atoms with Crippen LogP contribution in [0.2, 0.25) is 0 Å². The topological polar surface area (TPSA) is 69.6 Å². The van der Waals surface area contributed by atoms with Gasteiger partial charge in [0.1, 0.15) is 0 Å². The van der Waals surface area contributed by atoms with Crippen LogP contribution in [0.4, 0.5) is 10.5 Å². The Bertz CT molecular complexity index is 519. The molecular weight excluding hydrogens is 312 g/mol. The number of likely N-dealkylation sites (tertiary alicyclic amines) is 1. The largest absolute Gasteiger partial charge is 0.481 e. The number of carbonyl (C=O) groups is 2. The van der Waals surface area contributed by atoms with Crippen molar-refractivity contribution in [2.45, 2.75) is 13.3 Å². The fraction of sp³-hybridized carbons (Fsp3) is 0.385. The van der Waals surface area contributed by atoms with Crippen LogP contribution < -0.4 is 5.32 Å². The quantitative estimate of drug-likeness (QED) is 0.877. The number of anilines is 1. The van der Waals surface area contributed by atoms with E-state index in [0.717, 1.165) is 10.0 Å². The van der Waals surface area contributed by atoms with Gasteiger partial charge in [-0.25, -0.2) is 4.79 Å². The average molecular weight is 327 g/mol. The van der Waals surface area contributed by atoms with Gasteiger partial charge < -0.3 is 15.3 Å². The molecule has 1 aliphatic rings. The van der Waals surface area contributed by atoms with Crippen molar-refractivity contribution in [3.8, 4) is 0 Å². The van der Waals surface area contributed by atoms with Crippen molar-refractivity contribution in [2.75, 3.05) is 18.4 Å². The molecule has 102 valence electrons. The van der Waals surface area contributed by atoms with E-state index in [-0.39, 0.29) is 12.6 Å². The van der Waals surface area contributed by atoms with E-state index in [1.807, 2.05) is 25.1 Å². The van der Waals surface area contributed by atoms with Crippen molar-refractivity contribution < 1.29 is 14.7 Å². The first kappa shape index (κ1) is 13.9. The van der Waals surface area contributed by atoms with Crippen LogP contribution in [0.15, 0.2) is 22.7 Å². The maximum Gasteiger partial charge on any atom is 0.321 e. The highest BCUT2D eigenvalue weighted by Crippen LogP contribution is 2.24. The molecule has 1 unspecified atom stereocenters. The van der Waals surface area contributed by atoms with Crippen molar-refractivity contribution in [2.24, 2.45) is 5.92 Å². The maximum atomic E-state index is 12.0. The lowest BCUT2D eigenvalue weighted by Crippen LogP contribution is -2.33. The normalized spacial score (nSPS) is 18.4. The molecule has 0 bridgehead atoms. The number of aliphatic carboxylic acids is 1. The van der Waals surface area contributed by atoms with Gasteiger partial charge in [-0.1, -0.05) is 6.07 Å². The van der Waals surface area contributed by atoms with Crippen LogP contribution >= 0.6 is 15.9 Å². The number of hydrogen-bond acceptors (Lipinski definition) is 2. The Morgan fingerprint density at radius 1 is 1.47 bits per heavy atom. The number of rotatable bonds is 2. The maximum absolute atomic E-state index is 12.0. The molecule has 6 heteroatoms. The van der Waals surface area contributed by atoms with E-state index < -0.39 is 11.9 Å². The van der Waals surface area contributed by atoms with Gasteiger partial charge >= 0.3 is 12.0 Å². The highest BCUT2D eigenvalue weighted by Gasteiger charge is 2.30. The fourth-order valence-corrected chi connectivity index (χ4v) is 2.65. The van der Waals surface area contributed by atoms with Crippen LogP contribution in [0.25, 0.3) is 0 Å². The van der Waals surface area contributed by atoms with Crippen LogP contribution in [0, 0.1) is 12.8 Å². The summed E-state index contributed by atoms with van der Waals surface area (Å²) in [4.78, 5) is 24.4. The van der Waals surface area contributed by atoms with E-state index >= 15 is 0 Å². The molecule has 0 aliphatic carbocycles. The molecule has 1 aromatic carbocycles. The Labute approximate surface area is 119 Å². The summed E-state index contributed by atoms with van der Waals surface area (Å²) in [5.41, 5.74) is 1.78. The van der Waals surface area contributed by atoms with E-state index in [1.54, 1.807) is 0 Å². The van der Waals surface area contributed by atoms with Gasteiger partial charge in [-0.15, -0.1) is 0 Å². The number of aryl methyl sites for hydroxylation is 1. The molecule has 0 aromatic heterocycles. The molecule has 5 nitrogen and oxygen atoms in total. The SMILES string of the molecule is Cc1ccc(NC(=O)N2CCC(C(=O)O)C2)c(Br)c1. The molecule has 19 heavy (non-hydrogen) atoms. The first-order chi connectivity index (χ1) is 8.97. The molecular formula is C13H15BrN2O3. The van der Waals surface area contributed by atoms with Gasteiger partial charge in [0.05, 0.1) is 11.6 Å². The zero-order valence-electron chi connectivity index (χ0n) is 10.5. The fourth-order valence-electron chi connectivity index (χ4n) is 2.06. The lowest BCUT2D eigenvalue weighted by Gasteiger charge is -2.17. The number of carboxylic acids is 1. The second kappa shape index (κ2) is 5.61. The van der Waals surface area contributed by atoms with Crippen molar-refractivity contribution in [1.29, 1.82) is 0 Å². The molecule has 2 N–H and O–H groups in total. The summed E-state index contributed by atoms with van der Waals surface area (Å²) in [6, 6.07) is 5.39. The number of urea groups is 1. The molecule has 1 aliphatic heterocycles. The van der Waals surface area contributed by atoms with Crippen LogP contribution in [0.5, 0.6) is 0 Å². The summed E-state index contributed by atoms with van der Waals surface area (Å²) >= 11 is 3.39. The summed E-state index contributed by atoms with van der Waals surface area (Å²) in [6.45, 7) is 2.71. The molecule has 1 saturated heterocycles. The number of carbonyl (C=O) groups excluding carboxylic acids is 1. The third-order valence-corrected chi connectivity index (χ3v) is 3.85. The lowest BCUT2D eigenvalue weighted by molar-refractivity contribution is -0.141. The first-order valence-electron chi connectivity index (χ1n) is 6.02. The first-order valence-corrected chi connectivity index (χ1v) is 6.81. The van der Waals surface area contributed by atoms with E-state index in [9.17, 15) is 9.59 Å².